The topological polar surface area (TPSA) is 29.5 Å². The van der Waals surface area contributed by atoms with Crippen molar-refractivity contribution in [3.05, 3.63) is 29.8 Å². The molecular weight excluding hydrogens is 224 g/mol. The lowest BCUT2D eigenvalue weighted by Crippen LogP contribution is -2.11. The molecule has 0 aromatic heterocycles. The summed E-state index contributed by atoms with van der Waals surface area (Å²) in [6, 6.07) is 7.92. The molecule has 1 aliphatic carbocycles. The largest absolute Gasteiger partial charge is 0.490 e. The summed E-state index contributed by atoms with van der Waals surface area (Å²) in [7, 11) is 0. The van der Waals surface area contributed by atoms with Crippen molar-refractivity contribution in [2.24, 2.45) is 11.8 Å². The molecule has 1 aromatic rings. The van der Waals surface area contributed by atoms with Gasteiger partial charge in [0.1, 0.15) is 5.75 Å². The van der Waals surface area contributed by atoms with Crippen LogP contribution in [0.5, 0.6) is 5.75 Å². The van der Waals surface area contributed by atoms with E-state index in [1.807, 2.05) is 24.3 Å². The molecule has 0 aliphatic heterocycles. The first-order valence-corrected chi connectivity index (χ1v) is 7.01. The maximum Gasteiger partial charge on any atom is 0.120 e. The molecule has 18 heavy (non-hydrogen) atoms. The molecular formula is C16H24O2. The Kier molecular flexibility index (Phi) is 4.28. The minimum atomic E-state index is -0.393. The van der Waals surface area contributed by atoms with Crippen molar-refractivity contribution in [3.8, 4) is 5.75 Å². The Morgan fingerprint density at radius 3 is 2.61 bits per heavy atom. The van der Waals surface area contributed by atoms with Gasteiger partial charge >= 0.3 is 0 Å². The number of aliphatic hydroxyl groups excluding tert-OH is 1. The van der Waals surface area contributed by atoms with E-state index >= 15 is 0 Å². The van der Waals surface area contributed by atoms with Crippen molar-refractivity contribution in [3.63, 3.8) is 0 Å². The quantitative estimate of drug-likeness (QED) is 0.826. The van der Waals surface area contributed by atoms with Crippen molar-refractivity contribution in [2.75, 3.05) is 0 Å². The van der Waals surface area contributed by atoms with Crippen LogP contribution in [0, 0.1) is 11.8 Å². The summed E-state index contributed by atoms with van der Waals surface area (Å²) >= 11 is 0. The van der Waals surface area contributed by atoms with Crippen LogP contribution >= 0.6 is 0 Å². The van der Waals surface area contributed by atoms with Crippen LogP contribution in [0.15, 0.2) is 24.3 Å². The van der Waals surface area contributed by atoms with Crippen molar-refractivity contribution >= 4 is 0 Å². The van der Waals surface area contributed by atoms with Crippen LogP contribution in [0.4, 0.5) is 0 Å². The number of ether oxygens (including phenoxy) is 1. The molecule has 0 bridgehead atoms. The van der Waals surface area contributed by atoms with E-state index in [-0.39, 0.29) is 5.92 Å². The van der Waals surface area contributed by atoms with E-state index in [4.69, 9.17) is 4.74 Å². The van der Waals surface area contributed by atoms with Gasteiger partial charge in [-0.25, -0.2) is 0 Å². The third-order valence-electron chi connectivity index (χ3n) is 3.41. The summed E-state index contributed by atoms with van der Waals surface area (Å²) in [5.74, 6) is 1.78. The summed E-state index contributed by atoms with van der Waals surface area (Å²) in [4.78, 5) is 0. The molecule has 1 aromatic carbocycles. The minimum absolute atomic E-state index is 0.279. The molecule has 0 heterocycles. The second-order valence-corrected chi connectivity index (χ2v) is 5.94. The highest BCUT2D eigenvalue weighted by Gasteiger charge is 2.24. The van der Waals surface area contributed by atoms with Gasteiger partial charge in [-0.15, -0.1) is 0 Å². The molecule has 2 heteroatoms. The first kappa shape index (κ1) is 13.4. The molecule has 0 radical (unpaired) electrons. The Bertz CT molecular complexity index is 382. The van der Waals surface area contributed by atoms with E-state index < -0.39 is 6.10 Å². The highest BCUT2D eigenvalue weighted by Crippen LogP contribution is 2.31. The van der Waals surface area contributed by atoms with Gasteiger partial charge in [0.15, 0.2) is 0 Å². The Labute approximate surface area is 110 Å². The minimum Gasteiger partial charge on any atom is -0.490 e. The Balaban J connectivity index is 2.01. The zero-order valence-electron chi connectivity index (χ0n) is 11.6. The number of hydrogen-bond acceptors (Lipinski definition) is 2. The van der Waals surface area contributed by atoms with Crippen LogP contribution in [-0.2, 0) is 0 Å². The van der Waals surface area contributed by atoms with E-state index in [1.165, 1.54) is 0 Å². The molecule has 0 spiro atoms. The van der Waals surface area contributed by atoms with Gasteiger partial charge < -0.3 is 9.84 Å². The zero-order chi connectivity index (χ0) is 13.1. The van der Waals surface area contributed by atoms with E-state index in [1.54, 1.807) is 0 Å². The van der Waals surface area contributed by atoms with Crippen LogP contribution in [-0.4, -0.2) is 11.2 Å². The maximum absolute atomic E-state index is 10.4. The number of hydrogen-bond donors (Lipinski definition) is 1. The third-order valence-corrected chi connectivity index (χ3v) is 3.41. The van der Waals surface area contributed by atoms with Gasteiger partial charge in [0.05, 0.1) is 12.2 Å². The van der Waals surface area contributed by atoms with Crippen LogP contribution in [0.3, 0.4) is 0 Å². The molecule has 1 N–H and O–H groups in total. The molecule has 1 aliphatic rings. The molecule has 2 nitrogen and oxygen atoms in total. The van der Waals surface area contributed by atoms with Crippen LogP contribution in [0.2, 0.25) is 0 Å². The first-order valence-electron chi connectivity index (χ1n) is 7.01. The summed E-state index contributed by atoms with van der Waals surface area (Å²) in [6.07, 6.45) is 3.38. The SMILES string of the molecule is CC(C)CC(C)C(O)c1cccc(OC2CC2)c1. The number of rotatable bonds is 6. The second kappa shape index (κ2) is 5.75. The second-order valence-electron chi connectivity index (χ2n) is 5.94. The summed E-state index contributed by atoms with van der Waals surface area (Å²) in [6.45, 7) is 6.49. The molecule has 2 rings (SSSR count). The monoisotopic (exact) mass is 248 g/mol. The van der Waals surface area contributed by atoms with Gasteiger partial charge in [-0.1, -0.05) is 32.9 Å². The molecule has 1 fully saturated rings. The van der Waals surface area contributed by atoms with E-state index in [2.05, 4.69) is 20.8 Å². The average Bonchev–Trinajstić information content (AvgIpc) is 3.11. The summed E-state index contributed by atoms with van der Waals surface area (Å²) < 4.78 is 5.77. The van der Waals surface area contributed by atoms with Crippen LogP contribution < -0.4 is 4.74 Å². The fourth-order valence-corrected chi connectivity index (χ4v) is 2.35. The van der Waals surface area contributed by atoms with E-state index in [0.29, 0.717) is 12.0 Å². The van der Waals surface area contributed by atoms with Crippen molar-refractivity contribution < 1.29 is 9.84 Å². The van der Waals surface area contributed by atoms with E-state index in [0.717, 1.165) is 30.6 Å². The molecule has 100 valence electrons. The smallest absolute Gasteiger partial charge is 0.120 e. The van der Waals surface area contributed by atoms with Crippen LogP contribution in [0.1, 0.15) is 51.7 Å². The highest BCUT2D eigenvalue weighted by atomic mass is 16.5. The average molecular weight is 248 g/mol. The predicted octanol–water partition coefficient (Wildman–Crippen LogP) is 3.94. The molecule has 0 saturated heterocycles. The van der Waals surface area contributed by atoms with Crippen molar-refractivity contribution in [1.82, 2.24) is 0 Å². The third kappa shape index (κ3) is 3.74. The number of aliphatic hydroxyl groups is 1. The molecule has 2 atom stereocenters. The lowest BCUT2D eigenvalue weighted by Gasteiger charge is -2.21. The van der Waals surface area contributed by atoms with Crippen molar-refractivity contribution in [1.29, 1.82) is 0 Å². The summed E-state index contributed by atoms with van der Waals surface area (Å²) in [5.41, 5.74) is 0.973. The Hall–Kier alpha value is -1.02. The lowest BCUT2D eigenvalue weighted by molar-refractivity contribution is 0.105. The molecule has 1 saturated carbocycles. The maximum atomic E-state index is 10.4. The fraction of sp³-hybridized carbons (Fsp3) is 0.625. The standard InChI is InChI=1S/C16H24O2/c1-11(2)9-12(3)16(17)13-5-4-6-15(10-13)18-14-7-8-14/h4-6,10-12,14,16-17H,7-9H2,1-3H3. The normalized spacial score (nSPS) is 18.7. The highest BCUT2D eigenvalue weighted by molar-refractivity contribution is 5.30. The van der Waals surface area contributed by atoms with Crippen LogP contribution in [0.25, 0.3) is 0 Å². The van der Waals surface area contributed by atoms with Gasteiger partial charge in [0.25, 0.3) is 0 Å². The lowest BCUT2D eigenvalue weighted by atomic mass is 9.90. The summed E-state index contributed by atoms with van der Waals surface area (Å²) in [5, 5.41) is 10.4. The molecule has 0 amide bonds. The van der Waals surface area contributed by atoms with Gasteiger partial charge in [-0.3, -0.25) is 0 Å². The Morgan fingerprint density at radius 1 is 1.28 bits per heavy atom. The first-order chi connectivity index (χ1) is 8.56. The predicted molar refractivity (Wildman–Crippen MR) is 73.7 cm³/mol. The Morgan fingerprint density at radius 2 is 2.00 bits per heavy atom. The zero-order valence-corrected chi connectivity index (χ0v) is 11.6. The number of benzene rings is 1. The van der Waals surface area contributed by atoms with Gasteiger partial charge in [0, 0.05) is 0 Å². The van der Waals surface area contributed by atoms with Gasteiger partial charge in [0.2, 0.25) is 0 Å². The van der Waals surface area contributed by atoms with Gasteiger partial charge in [-0.2, -0.15) is 0 Å². The van der Waals surface area contributed by atoms with E-state index in [9.17, 15) is 5.11 Å². The molecule has 2 unspecified atom stereocenters. The van der Waals surface area contributed by atoms with Crippen molar-refractivity contribution in [2.45, 2.75) is 52.2 Å². The van der Waals surface area contributed by atoms with Gasteiger partial charge in [-0.05, 0) is 48.8 Å². The fourth-order valence-electron chi connectivity index (χ4n) is 2.35.